The average molecular weight is 457 g/mol. The van der Waals surface area contributed by atoms with E-state index in [-0.39, 0.29) is 11.4 Å². The highest BCUT2D eigenvalue weighted by atomic mass is 35.5. The molecule has 0 aliphatic heterocycles. The van der Waals surface area contributed by atoms with Crippen LogP contribution in [0.2, 0.25) is 5.02 Å². The number of anilines is 1. The molecule has 1 amide bonds. The summed E-state index contributed by atoms with van der Waals surface area (Å²) in [5, 5.41) is 3.20. The number of hydrogen-bond acceptors (Lipinski definition) is 3. The average Bonchev–Trinajstić information content (AvgIpc) is 2.74. The number of carbonyl (C=O) groups excluding carboxylic acids is 1. The van der Waals surface area contributed by atoms with Gasteiger partial charge >= 0.3 is 0 Å². The zero-order valence-electron chi connectivity index (χ0n) is 17.7. The van der Waals surface area contributed by atoms with Crippen LogP contribution < -0.4 is 9.62 Å². The maximum absolute atomic E-state index is 13.5. The Bertz CT molecular complexity index is 1170. The van der Waals surface area contributed by atoms with E-state index < -0.39 is 15.9 Å². The summed E-state index contributed by atoms with van der Waals surface area (Å²) in [6.45, 7) is 5.61. The van der Waals surface area contributed by atoms with Crippen LogP contribution in [0.1, 0.15) is 22.3 Å². The lowest BCUT2D eigenvalue weighted by Gasteiger charge is -2.26. The summed E-state index contributed by atoms with van der Waals surface area (Å²) in [4.78, 5) is 12.9. The number of amides is 1. The van der Waals surface area contributed by atoms with Crippen molar-refractivity contribution < 1.29 is 13.2 Å². The van der Waals surface area contributed by atoms with Crippen LogP contribution in [0, 0.1) is 20.8 Å². The van der Waals surface area contributed by atoms with E-state index >= 15 is 0 Å². The number of carbonyl (C=O) groups is 1. The van der Waals surface area contributed by atoms with Crippen LogP contribution >= 0.6 is 11.6 Å². The van der Waals surface area contributed by atoms with E-state index in [9.17, 15) is 13.2 Å². The molecule has 0 aliphatic rings. The normalized spacial score (nSPS) is 11.2. The van der Waals surface area contributed by atoms with Crippen molar-refractivity contribution >= 4 is 33.2 Å². The van der Waals surface area contributed by atoms with Crippen molar-refractivity contribution in [1.82, 2.24) is 5.32 Å². The van der Waals surface area contributed by atoms with Crippen LogP contribution in [-0.4, -0.2) is 20.9 Å². The molecule has 0 saturated carbocycles. The van der Waals surface area contributed by atoms with Crippen molar-refractivity contribution in [3.63, 3.8) is 0 Å². The Kier molecular flexibility index (Phi) is 7.03. The molecule has 3 aromatic carbocycles. The molecule has 0 fully saturated rings. The van der Waals surface area contributed by atoms with Gasteiger partial charge in [-0.15, -0.1) is 0 Å². The number of halogens is 1. The van der Waals surface area contributed by atoms with Crippen molar-refractivity contribution in [2.24, 2.45) is 0 Å². The minimum atomic E-state index is -3.98. The highest BCUT2D eigenvalue weighted by Crippen LogP contribution is 2.29. The summed E-state index contributed by atoms with van der Waals surface area (Å²) >= 11 is 6.15. The molecule has 0 unspecified atom stereocenters. The zero-order valence-corrected chi connectivity index (χ0v) is 19.3. The van der Waals surface area contributed by atoms with Gasteiger partial charge in [-0.3, -0.25) is 9.10 Å². The molecule has 0 aromatic heterocycles. The Morgan fingerprint density at radius 1 is 0.903 bits per heavy atom. The Morgan fingerprint density at radius 3 is 2.10 bits per heavy atom. The van der Waals surface area contributed by atoms with Crippen LogP contribution in [0.15, 0.2) is 71.6 Å². The minimum absolute atomic E-state index is 0.115. The van der Waals surface area contributed by atoms with Crippen LogP contribution in [0.5, 0.6) is 0 Å². The third-order valence-electron chi connectivity index (χ3n) is 4.95. The third kappa shape index (κ3) is 5.66. The van der Waals surface area contributed by atoms with Gasteiger partial charge in [0.2, 0.25) is 5.91 Å². The predicted octanol–water partition coefficient (Wildman–Crippen LogP) is 4.78. The van der Waals surface area contributed by atoms with E-state index in [1.165, 1.54) is 0 Å². The molecule has 0 spiro atoms. The largest absolute Gasteiger partial charge is 0.350 e. The fourth-order valence-corrected chi connectivity index (χ4v) is 4.72. The van der Waals surface area contributed by atoms with Crippen molar-refractivity contribution in [2.45, 2.75) is 32.2 Å². The maximum Gasteiger partial charge on any atom is 0.264 e. The quantitative estimate of drug-likeness (QED) is 0.556. The van der Waals surface area contributed by atoms with Gasteiger partial charge in [0.25, 0.3) is 10.0 Å². The maximum atomic E-state index is 13.5. The van der Waals surface area contributed by atoms with E-state index in [4.69, 9.17) is 11.6 Å². The third-order valence-corrected chi connectivity index (χ3v) is 6.96. The van der Waals surface area contributed by atoms with Gasteiger partial charge in [-0.25, -0.2) is 8.42 Å². The first-order valence-corrected chi connectivity index (χ1v) is 11.7. The van der Waals surface area contributed by atoms with E-state index in [1.54, 1.807) is 49.4 Å². The molecule has 1 N–H and O–H groups in total. The summed E-state index contributed by atoms with van der Waals surface area (Å²) in [7, 11) is -3.98. The number of rotatable bonds is 7. The van der Waals surface area contributed by atoms with Crippen molar-refractivity contribution in [3.05, 3.63) is 94.0 Å². The monoisotopic (exact) mass is 456 g/mol. The molecule has 31 heavy (non-hydrogen) atoms. The molecule has 0 atom stereocenters. The molecule has 0 aliphatic carbocycles. The highest BCUT2D eigenvalue weighted by Gasteiger charge is 2.28. The number of nitrogens with one attached hydrogen (secondary N) is 1. The van der Waals surface area contributed by atoms with Gasteiger partial charge in [0.15, 0.2) is 0 Å². The molecular formula is C24H25ClN2O3S. The van der Waals surface area contributed by atoms with Crippen LogP contribution in [0.25, 0.3) is 0 Å². The minimum Gasteiger partial charge on any atom is -0.350 e. The highest BCUT2D eigenvalue weighted by molar-refractivity contribution is 7.92. The number of aryl methyl sites for hydroxylation is 3. The second-order valence-electron chi connectivity index (χ2n) is 7.52. The van der Waals surface area contributed by atoms with Crippen molar-refractivity contribution in [3.8, 4) is 0 Å². The van der Waals surface area contributed by atoms with E-state index in [0.717, 1.165) is 21.0 Å². The van der Waals surface area contributed by atoms with Crippen molar-refractivity contribution in [1.29, 1.82) is 0 Å². The van der Waals surface area contributed by atoms with Gasteiger partial charge in [0.05, 0.1) is 10.6 Å². The first kappa shape index (κ1) is 22.8. The first-order valence-electron chi connectivity index (χ1n) is 9.84. The van der Waals surface area contributed by atoms with Crippen molar-refractivity contribution in [2.75, 3.05) is 10.8 Å². The van der Waals surface area contributed by atoms with E-state index in [1.807, 2.05) is 38.1 Å². The molecule has 7 heteroatoms. The standard InChI is InChI=1S/C24H25ClN2O3S/c1-17-4-9-20(10-5-17)15-26-24(28)16-27(23-14-21(25)11-8-19(23)3)31(29,30)22-12-6-18(2)7-13-22/h4-14H,15-16H2,1-3H3,(H,26,28). The Labute approximate surface area is 188 Å². The summed E-state index contributed by atoms with van der Waals surface area (Å²) in [6.07, 6.45) is 0. The lowest BCUT2D eigenvalue weighted by molar-refractivity contribution is -0.119. The molecule has 0 bridgehead atoms. The summed E-state index contributed by atoms with van der Waals surface area (Å²) in [6, 6.07) is 19.3. The van der Waals surface area contributed by atoms with E-state index in [0.29, 0.717) is 22.8 Å². The second kappa shape index (κ2) is 9.54. The molecule has 162 valence electrons. The molecule has 3 rings (SSSR count). The fourth-order valence-electron chi connectivity index (χ4n) is 3.08. The van der Waals surface area contributed by atoms with Gasteiger partial charge in [-0.1, -0.05) is 65.2 Å². The van der Waals surface area contributed by atoms with Crippen LogP contribution in [0.4, 0.5) is 5.69 Å². The Balaban J connectivity index is 1.90. The summed E-state index contributed by atoms with van der Waals surface area (Å²) in [5.41, 5.74) is 4.08. The number of sulfonamides is 1. The first-order chi connectivity index (χ1) is 14.7. The predicted molar refractivity (Wildman–Crippen MR) is 125 cm³/mol. The molecule has 0 saturated heterocycles. The van der Waals surface area contributed by atoms with Gasteiger partial charge in [0, 0.05) is 11.6 Å². The number of benzene rings is 3. The SMILES string of the molecule is Cc1ccc(CNC(=O)CN(c2cc(Cl)ccc2C)S(=O)(=O)c2ccc(C)cc2)cc1. The Hall–Kier alpha value is -2.83. The van der Waals surface area contributed by atoms with Gasteiger partial charge in [0.1, 0.15) is 6.54 Å². The van der Waals surface area contributed by atoms with Crippen LogP contribution in [0.3, 0.4) is 0 Å². The zero-order chi connectivity index (χ0) is 22.6. The number of nitrogens with zero attached hydrogens (tertiary/aromatic N) is 1. The van der Waals surface area contributed by atoms with Gasteiger partial charge < -0.3 is 5.32 Å². The lowest BCUT2D eigenvalue weighted by Crippen LogP contribution is -2.41. The molecule has 5 nitrogen and oxygen atoms in total. The topological polar surface area (TPSA) is 66.5 Å². The van der Waals surface area contributed by atoms with Crippen LogP contribution in [-0.2, 0) is 21.4 Å². The summed E-state index contributed by atoms with van der Waals surface area (Å²) in [5.74, 6) is -0.407. The molecule has 3 aromatic rings. The fraction of sp³-hybridized carbons (Fsp3) is 0.208. The number of hydrogen-bond donors (Lipinski definition) is 1. The Morgan fingerprint density at radius 2 is 1.48 bits per heavy atom. The summed E-state index contributed by atoms with van der Waals surface area (Å²) < 4.78 is 28.0. The van der Waals surface area contributed by atoms with Gasteiger partial charge in [-0.05, 0) is 56.2 Å². The molecule has 0 radical (unpaired) electrons. The molecule has 0 heterocycles. The lowest BCUT2D eigenvalue weighted by atomic mass is 10.1. The van der Waals surface area contributed by atoms with E-state index in [2.05, 4.69) is 5.32 Å². The van der Waals surface area contributed by atoms with Gasteiger partial charge in [-0.2, -0.15) is 0 Å². The second-order valence-corrected chi connectivity index (χ2v) is 9.82. The smallest absolute Gasteiger partial charge is 0.264 e. The molecular weight excluding hydrogens is 432 g/mol.